The van der Waals surface area contributed by atoms with Crippen molar-refractivity contribution in [2.75, 3.05) is 0 Å². The maximum atomic E-state index is 9.70. The standard InChI is InChI=1S/C3H8N4O/c4-6-3(7-5)1-2-8/h2H,1,4-5H2,(H,6,7). The van der Waals surface area contributed by atoms with Gasteiger partial charge in [0.15, 0.2) is 0 Å². The summed E-state index contributed by atoms with van der Waals surface area (Å²) in [4.78, 5) is 9.70. The summed E-state index contributed by atoms with van der Waals surface area (Å²) in [6, 6.07) is 0. The maximum Gasteiger partial charge on any atom is 0.143 e. The number of hydrogen-bond acceptors (Lipinski definition) is 4. The van der Waals surface area contributed by atoms with Crippen molar-refractivity contribution in [2.24, 2.45) is 16.8 Å². The van der Waals surface area contributed by atoms with Gasteiger partial charge in [-0.2, -0.15) is 5.10 Å². The molecule has 0 bridgehead atoms. The molecule has 0 aromatic heterocycles. The predicted octanol–water partition coefficient (Wildman–Crippen LogP) is -1.69. The number of nitrogens with zero attached hydrogens (tertiary/aromatic N) is 1. The van der Waals surface area contributed by atoms with Gasteiger partial charge in [-0.05, 0) is 0 Å². The van der Waals surface area contributed by atoms with Crippen molar-refractivity contribution in [1.82, 2.24) is 5.43 Å². The highest BCUT2D eigenvalue weighted by Gasteiger charge is 1.89. The molecule has 0 atom stereocenters. The summed E-state index contributed by atoms with van der Waals surface area (Å²) < 4.78 is 0. The quantitative estimate of drug-likeness (QED) is 0.132. The summed E-state index contributed by atoms with van der Waals surface area (Å²) in [7, 11) is 0. The molecule has 0 fully saturated rings. The van der Waals surface area contributed by atoms with Crippen LogP contribution in [-0.2, 0) is 4.79 Å². The van der Waals surface area contributed by atoms with Crippen LogP contribution in [0.2, 0.25) is 0 Å². The second-order valence-corrected chi connectivity index (χ2v) is 1.09. The van der Waals surface area contributed by atoms with Crippen molar-refractivity contribution in [1.29, 1.82) is 0 Å². The van der Waals surface area contributed by atoms with E-state index in [0.29, 0.717) is 6.29 Å². The zero-order valence-corrected chi connectivity index (χ0v) is 4.29. The number of hydrogen-bond donors (Lipinski definition) is 3. The van der Waals surface area contributed by atoms with Gasteiger partial charge in [0.2, 0.25) is 0 Å². The first-order valence-electron chi connectivity index (χ1n) is 2.02. The van der Waals surface area contributed by atoms with E-state index in [1.807, 2.05) is 0 Å². The summed E-state index contributed by atoms with van der Waals surface area (Å²) in [5, 5.41) is 3.15. The third-order valence-corrected chi connectivity index (χ3v) is 0.599. The highest BCUT2D eigenvalue weighted by molar-refractivity contribution is 5.91. The summed E-state index contributed by atoms with van der Waals surface area (Å²) in [5.74, 6) is 9.88. The number of nitrogens with one attached hydrogen (secondary N) is 1. The number of amidine groups is 1. The average Bonchev–Trinajstić information content (AvgIpc) is 1.83. The van der Waals surface area contributed by atoms with Crippen molar-refractivity contribution in [3.63, 3.8) is 0 Å². The second kappa shape index (κ2) is 4.07. The normalized spacial score (nSPS) is 10.9. The molecule has 0 heterocycles. The Bertz CT molecular complexity index is 99.5. The Labute approximate surface area is 46.7 Å². The summed E-state index contributed by atoms with van der Waals surface area (Å²) in [6.45, 7) is 0. The monoisotopic (exact) mass is 116 g/mol. The van der Waals surface area contributed by atoms with Crippen LogP contribution < -0.4 is 17.1 Å². The molecular weight excluding hydrogens is 108 g/mol. The zero-order chi connectivity index (χ0) is 6.41. The molecule has 0 aromatic carbocycles. The van der Waals surface area contributed by atoms with Crippen LogP contribution in [0.15, 0.2) is 5.10 Å². The van der Waals surface area contributed by atoms with Crippen LogP contribution in [0.3, 0.4) is 0 Å². The summed E-state index contributed by atoms with van der Waals surface area (Å²) >= 11 is 0. The van der Waals surface area contributed by atoms with Crippen LogP contribution in [0, 0.1) is 0 Å². The van der Waals surface area contributed by atoms with E-state index in [0.717, 1.165) is 0 Å². The van der Waals surface area contributed by atoms with Crippen LogP contribution in [0.25, 0.3) is 0 Å². The molecule has 0 rings (SSSR count). The van der Waals surface area contributed by atoms with Crippen molar-refractivity contribution >= 4 is 12.1 Å². The predicted molar refractivity (Wildman–Crippen MR) is 29.6 cm³/mol. The van der Waals surface area contributed by atoms with Gasteiger partial charge in [-0.1, -0.05) is 0 Å². The van der Waals surface area contributed by atoms with E-state index in [4.69, 9.17) is 11.7 Å². The topological polar surface area (TPSA) is 93.5 Å². The first-order valence-corrected chi connectivity index (χ1v) is 2.02. The van der Waals surface area contributed by atoms with Gasteiger partial charge in [-0.15, -0.1) is 0 Å². The van der Waals surface area contributed by atoms with E-state index in [-0.39, 0.29) is 12.3 Å². The fourth-order valence-electron chi connectivity index (χ4n) is 0.228. The minimum atomic E-state index is 0.132. The third-order valence-electron chi connectivity index (χ3n) is 0.599. The minimum absolute atomic E-state index is 0.132. The van der Waals surface area contributed by atoms with Crippen LogP contribution in [0.4, 0.5) is 0 Å². The van der Waals surface area contributed by atoms with Gasteiger partial charge in [-0.3, -0.25) is 0 Å². The van der Waals surface area contributed by atoms with Crippen LogP contribution in [0.5, 0.6) is 0 Å². The number of carbonyl (C=O) groups is 1. The van der Waals surface area contributed by atoms with E-state index in [2.05, 4.69) is 10.5 Å². The van der Waals surface area contributed by atoms with Crippen molar-refractivity contribution < 1.29 is 4.79 Å². The summed E-state index contributed by atoms with van der Waals surface area (Å²) in [6.07, 6.45) is 0.790. The Morgan fingerprint density at radius 3 is 2.62 bits per heavy atom. The van der Waals surface area contributed by atoms with Crippen LogP contribution in [0.1, 0.15) is 6.42 Å². The van der Waals surface area contributed by atoms with Gasteiger partial charge in [0.1, 0.15) is 12.1 Å². The van der Waals surface area contributed by atoms with Gasteiger partial charge >= 0.3 is 0 Å². The van der Waals surface area contributed by atoms with E-state index < -0.39 is 0 Å². The minimum Gasteiger partial charge on any atom is -0.322 e. The number of hydrazine groups is 1. The van der Waals surface area contributed by atoms with Crippen molar-refractivity contribution in [3.8, 4) is 0 Å². The van der Waals surface area contributed by atoms with Crippen LogP contribution in [-0.4, -0.2) is 12.1 Å². The third kappa shape index (κ3) is 2.14. The molecule has 5 nitrogen and oxygen atoms in total. The fraction of sp³-hybridized carbons (Fsp3) is 0.333. The van der Waals surface area contributed by atoms with E-state index in [1.54, 1.807) is 0 Å². The highest BCUT2D eigenvalue weighted by atomic mass is 16.1. The lowest BCUT2D eigenvalue weighted by Gasteiger charge is -1.94. The number of carbonyl (C=O) groups excluding carboxylic acids is 1. The first kappa shape index (κ1) is 6.90. The SMILES string of the molecule is N/N=C(/CC=O)NN. The molecule has 0 saturated carbocycles. The maximum absolute atomic E-state index is 9.70. The Kier molecular flexibility index (Phi) is 3.51. The molecule has 46 valence electrons. The molecule has 0 radical (unpaired) electrons. The molecule has 0 aliphatic carbocycles. The molecule has 0 saturated heterocycles. The molecule has 8 heavy (non-hydrogen) atoms. The van der Waals surface area contributed by atoms with E-state index in [9.17, 15) is 4.79 Å². The number of hydrazone groups is 1. The molecule has 5 heteroatoms. The lowest BCUT2D eigenvalue weighted by molar-refractivity contribution is -0.106. The number of rotatable bonds is 2. The van der Waals surface area contributed by atoms with Crippen molar-refractivity contribution in [2.45, 2.75) is 6.42 Å². The fourth-order valence-corrected chi connectivity index (χ4v) is 0.228. The Morgan fingerprint density at radius 1 is 1.88 bits per heavy atom. The summed E-state index contributed by atoms with van der Waals surface area (Å²) in [5.41, 5.74) is 2.15. The molecular formula is C3H8N4O. The smallest absolute Gasteiger partial charge is 0.143 e. The first-order chi connectivity index (χ1) is 3.85. The van der Waals surface area contributed by atoms with Gasteiger partial charge in [0.05, 0.1) is 6.42 Å². The average molecular weight is 116 g/mol. The molecule has 0 unspecified atom stereocenters. The molecule has 0 amide bonds. The molecule has 0 aliphatic rings. The Morgan fingerprint density at radius 2 is 2.50 bits per heavy atom. The highest BCUT2D eigenvalue weighted by Crippen LogP contribution is 1.70. The van der Waals surface area contributed by atoms with Gasteiger partial charge in [-0.25, -0.2) is 5.84 Å². The Hall–Kier alpha value is -1.10. The van der Waals surface area contributed by atoms with Crippen LogP contribution >= 0.6 is 0 Å². The van der Waals surface area contributed by atoms with Gasteiger partial charge in [0, 0.05) is 0 Å². The molecule has 0 spiro atoms. The van der Waals surface area contributed by atoms with Gasteiger partial charge in [0.25, 0.3) is 0 Å². The zero-order valence-electron chi connectivity index (χ0n) is 4.29. The van der Waals surface area contributed by atoms with Gasteiger partial charge < -0.3 is 16.1 Å². The largest absolute Gasteiger partial charge is 0.322 e. The second-order valence-electron chi connectivity index (χ2n) is 1.09. The van der Waals surface area contributed by atoms with Crippen molar-refractivity contribution in [3.05, 3.63) is 0 Å². The lowest BCUT2D eigenvalue weighted by Crippen LogP contribution is -2.31. The molecule has 0 aromatic rings. The Balaban J connectivity index is 3.53. The number of nitrogens with two attached hydrogens (primary N) is 2. The molecule has 5 N–H and O–H groups in total. The van der Waals surface area contributed by atoms with E-state index >= 15 is 0 Å². The lowest BCUT2D eigenvalue weighted by atomic mass is 10.4. The number of aldehydes is 1. The molecule has 0 aliphatic heterocycles. The van der Waals surface area contributed by atoms with E-state index in [1.165, 1.54) is 0 Å².